The van der Waals surface area contributed by atoms with E-state index in [1.165, 1.54) is 10.5 Å². The topological polar surface area (TPSA) is 46.6 Å². The van der Waals surface area contributed by atoms with Crippen LogP contribution in [-0.2, 0) is 6.42 Å². The molecule has 0 fully saturated rings. The van der Waals surface area contributed by atoms with Gasteiger partial charge in [0, 0.05) is 30.8 Å². The highest BCUT2D eigenvalue weighted by Crippen LogP contribution is 2.24. The van der Waals surface area contributed by atoms with Crippen LogP contribution in [0.1, 0.15) is 59.0 Å². The van der Waals surface area contributed by atoms with E-state index < -0.39 is 0 Å². The Labute approximate surface area is 167 Å². The quantitative estimate of drug-likeness (QED) is 0.478. The van der Waals surface area contributed by atoms with E-state index in [4.69, 9.17) is 4.74 Å². The molecule has 0 bridgehead atoms. The lowest BCUT2D eigenvalue weighted by atomic mass is 10.0. The minimum atomic E-state index is -0.111. The lowest BCUT2D eigenvalue weighted by molar-refractivity contribution is 0.0827. The van der Waals surface area contributed by atoms with Crippen LogP contribution in [0.25, 0.3) is 6.08 Å². The fourth-order valence-electron chi connectivity index (χ4n) is 2.83. The molecule has 0 heterocycles. The molecule has 0 aliphatic heterocycles. The fourth-order valence-corrected chi connectivity index (χ4v) is 2.83. The Morgan fingerprint density at radius 3 is 2.25 bits per heavy atom. The van der Waals surface area contributed by atoms with Gasteiger partial charge >= 0.3 is 0 Å². The molecule has 0 saturated carbocycles. The van der Waals surface area contributed by atoms with Gasteiger partial charge in [-0.25, -0.2) is 0 Å². The molecule has 2 aromatic rings. The van der Waals surface area contributed by atoms with E-state index in [0.29, 0.717) is 11.1 Å². The summed E-state index contributed by atoms with van der Waals surface area (Å²) >= 11 is 0. The molecule has 148 valence electrons. The summed E-state index contributed by atoms with van der Waals surface area (Å²) in [6, 6.07) is 12.8. The number of nitrogens with zero attached hydrogens (tertiary/aromatic N) is 1. The number of rotatable bonds is 8. The van der Waals surface area contributed by atoms with Crippen molar-refractivity contribution in [2.24, 2.45) is 0 Å². The highest BCUT2D eigenvalue weighted by atomic mass is 16.5. The Bertz CT molecular complexity index is 849. The number of hydrogen-bond acceptors (Lipinski definition) is 3. The average molecular weight is 380 g/mol. The molecule has 0 aliphatic rings. The monoisotopic (exact) mass is 379 g/mol. The number of carbonyl (C=O) groups excluding carboxylic acids is 2. The maximum atomic E-state index is 12.6. The molecule has 0 saturated heterocycles. The first-order valence-corrected chi connectivity index (χ1v) is 9.65. The van der Waals surface area contributed by atoms with Crippen LogP contribution in [0.3, 0.4) is 0 Å². The second kappa shape index (κ2) is 9.88. The molecule has 0 unspecified atom stereocenters. The third-order valence-electron chi connectivity index (χ3n) is 4.21. The lowest BCUT2D eigenvalue weighted by Gasteiger charge is -2.13. The van der Waals surface area contributed by atoms with Crippen LogP contribution in [0, 0.1) is 0 Å². The van der Waals surface area contributed by atoms with Crippen LogP contribution in [0.4, 0.5) is 0 Å². The predicted octanol–water partition coefficient (Wildman–Crippen LogP) is 5.02. The van der Waals surface area contributed by atoms with Gasteiger partial charge in [0.2, 0.25) is 0 Å². The van der Waals surface area contributed by atoms with E-state index in [1.54, 1.807) is 50.5 Å². The van der Waals surface area contributed by atoms with Crippen molar-refractivity contribution in [1.29, 1.82) is 0 Å². The van der Waals surface area contributed by atoms with Crippen LogP contribution >= 0.6 is 0 Å². The van der Waals surface area contributed by atoms with Gasteiger partial charge in [0.15, 0.2) is 5.78 Å². The number of benzene rings is 2. The first-order valence-electron chi connectivity index (χ1n) is 9.65. The summed E-state index contributed by atoms with van der Waals surface area (Å²) < 4.78 is 5.88. The summed E-state index contributed by atoms with van der Waals surface area (Å²) in [7, 11) is 3.40. The first kappa shape index (κ1) is 21.4. The summed E-state index contributed by atoms with van der Waals surface area (Å²) in [5.74, 6) is 0.573. The van der Waals surface area contributed by atoms with E-state index in [9.17, 15) is 9.59 Å². The van der Waals surface area contributed by atoms with Crippen molar-refractivity contribution in [3.05, 3.63) is 70.8 Å². The number of ketones is 1. The summed E-state index contributed by atoms with van der Waals surface area (Å²) in [5, 5.41) is 0. The SMILES string of the molecule is CCCc1ccc(OC(C)C)c(/C=C/C(=O)c2ccc(C(=O)N(C)C)cc2)c1. The molecule has 0 aliphatic carbocycles. The van der Waals surface area contributed by atoms with Crippen LogP contribution in [0.5, 0.6) is 5.75 Å². The van der Waals surface area contributed by atoms with Crippen molar-refractivity contribution in [2.75, 3.05) is 14.1 Å². The standard InChI is InChI=1S/C24H29NO3/c1-6-7-18-8-15-23(28-17(2)3)21(16-18)13-14-22(26)19-9-11-20(12-10-19)24(27)25(4)5/h8-17H,6-7H2,1-5H3/b14-13+. The van der Waals surface area contributed by atoms with Crippen molar-refractivity contribution < 1.29 is 14.3 Å². The summed E-state index contributed by atoms with van der Waals surface area (Å²) in [6.07, 6.45) is 5.46. The third-order valence-corrected chi connectivity index (χ3v) is 4.21. The minimum Gasteiger partial charge on any atom is -0.490 e. The Kier molecular flexibility index (Phi) is 7.56. The van der Waals surface area contributed by atoms with E-state index in [2.05, 4.69) is 19.1 Å². The highest BCUT2D eigenvalue weighted by Gasteiger charge is 2.10. The zero-order valence-electron chi connectivity index (χ0n) is 17.4. The molecule has 1 amide bonds. The van der Waals surface area contributed by atoms with Gasteiger partial charge in [-0.15, -0.1) is 0 Å². The maximum Gasteiger partial charge on any atom is 0.253 e. The smallest absolute Gasteiger partial charge is 0.253 e. The summed E-state index contributed by atoms with van der Waals surface area (Å²) in [4.78, 5) is 26.0. The molecular formula is C24H29NO3. The second-order valence-corrected chi connectivity index (χ2v) is 7.26. The largest absolute Gasteiger partial charge is 0.490 e. The first-order chi connectivity index (χ1) is 13.3. The van der Waals surface area contributed by atoms with Crippen molar-refractivity contribution in [1.82, 2.24) is 4.90 Å². The molecule has 0 N–H and O–H groups in total. The van der Waals surface area contributed by atoms with E-state index in [-0.39, 0.29) is 17.8 Å². The van der Waals surface area contributed by atoms with Crippen LogP contribution in [0.2, 0.25) is 0 Å². The summed E-state index contributed by atoms with van der Waals surface area (Å²) in [6.45, 7) is 6.10. The molecule has 0 atom stereocenters. The second-order valence-electron chi connectivity index (χ2n) is 7.26. The third kappa shape index (κ3) is 5.81. The fraction of sp³-hybridized carbons (Fsp3) is 0.333. The summed E-state index contributed by atoms with van der Waals surface area (Å²) in [5.41, 5.74) is 3.22. The van der Waals surface area contributed by atoms with Gasteiger partial charge in [0.25, 0.3) is 5.91 Å². The molecule has 2 rings (SSSR count). The van der Waals surface area contributed by atoms with Gasteiger partial charge in [0.05, 0.1) is 6.10 Å². The van der Waals surface area contributed by atoms with E-state index in [1.807, 2.05) is 19.9 Å². The number of aryl methyl sites for hydroxylation is 1. The average Bonchev–Trinajstić information content (AvgIpc) is 2.67. The molecule has 0 radical (unpaired) electrons. The van der Waals surface area contributed by atoms with Gasteiger partial charge in [-0.1, -0.05) is 31.5 Å². The maximum absolute atomic E-state index is 12.6. The molecular weight excluding hydrogens is 350 g/mol. The molecule has 0 spiro atoms. The Hall–Kier alpha value is -2.88. The van der Waals surface area contributed by atoms with Gasteiger partial charge in [-0.05, 0) is 62.2 Å². The lowest BCUT2D eigenvalue weighted by Crippen LogP contribution is -2.21. The number of allylic oxidation sites excluding steroid dienone is 1. The Morgan fingerprint density at radius 1 is 1.04 bits per heavy atom. The van der Waals surface area contributed by atoms with Crippen molar-refractivity contribution in [3.63, 3.8) is 0 Å². The molecule has 28 heavy (non-hydrogen) atoms. The van der Waals surface area contributed by atoms with Crippen LogP contribution in [-0.4, -0.2) is 36.8 Å². The van der Waals surface area contributed by atoms with Crippen molar-refractivity contribution >= 4 is 17.8 Å². The van der Waals surface area contributed by atoms with Crippen molar-refractivity contribution in [3.8, 4) is 5.75 Å². The highest BCUT2D eigenvalue weighted by molar-refractivity contribution is 6.07. The number of ether oxygens (including phenoxy) is 1. The van der Waals surface area contributed by atoms with E-state index >= 15 is 0 Å². The van der Waals surface area contributed by atoms with Crippen LogP contribution < -0.4 is 4.74 Å². The minimum absolute atomic E-state index is 0.0571. The Morgan fingerprint density at radius 2 is 1.68 bits per heavy atom. The Balaban J connectivity index is 2.22. The normalized spacial score (nSPS) is 11.1. The zero-order valence-corrected chi connectivity index (χ0v) is 17.4. The number of amides is 1. The molecule has 4 nitrogen and oxygen atoms in total. The molecule has 2 aromatic carbocycles. The molecule has 0 aromatic heterocycles. The predicted molar refractivity (Wildman–Crippen MR) is 114 cm³/mol. The van der Waals surface area contributed by atoms with Gasteiger partial charge in [-0.3, -0.25) is 9.59 Å². The zero-order chi connectivity index (χ0) is 20.7. The number of hydrogen-bond donors (Lipinski definition) is 0. The van der Waals surface area contributed by atoms with Gasteiger partial charge in [-0.2, -0.15) is 0 Å². The van der Waals surface area contributed by atoms with Crippen molar-refractivity contribution in [2.45, 2.75) is 39.7 Å². The molecule has 4 heteroatoms. The van der Waals surface area contributed by atoms with Gasteiger partial charge in [0.1, 0.15) is 5.75 Å². The van der Waals surface area contributed by atoms with Crippen LogP contribution in [0.15, 0.2) is 48.5 Å². The van der Waals surface area contributed by atoms with E-state index in [0.717, 1.165) is 24.2 Å². The van der Waals surface area contributed by atoms with Gasteiger partial charge < -0.3 is 9.64 Å². The number of carbonyl (C=O) groups is 2.